The van der Waals surface area contributed by atoms with E-state index < -0.39 is 5.41 Å². The standard InChI is InChI=1S/C19H24O3/c1-18-8-7-12(20)9-11(18)3-4-13-14-5-6-16(22)19(14,2)10-15(21)17(13)18/h9,13-14,17H,3-8,10H2,1-2H3/t13-,14?,17+,18-,19-/m0/s1. The summed E-state index contributed by atoms with van der Waals surface area (Å²) in [7, 11) is 0. The van der Waals surface area contributed by atoms with Gasteiger partial charge in [-0.05, 0) is 49.0 Å². The van der Waals surface area contributed by atoms with Gasteiger partial charge in [-0.2, -0.15) is 0 Å². The van der Waals surface area contributed by atoms with Crippen LogP contribution in [0.5, 0.6) is 0 Å². The first kappa shape index (κ1) is 14.3. The Kier molecular flexibility index (Phi) is 2.87. The molecule has 3 heteroatoms. The summed E-state index contributed by atoms with van der Waals surface area (Å²) >= 11 is 0. The summed E-state index contributed by atoms with van der Waals surface area (Å²) in [5.41, 5.74) is 0.660. The highest BCUT2D eigenvalue weighted by molar-refractivity contribution is 5.96. The molecule has 0 spiro atoms. The Balaban J connectivity index is 1.77. The molecule has 4 rings (SSSR count). The van der Waals surface area contributed by atoms with Crippen LogP contribution in [0.25, 0.3) is 0 Å². The maximum absolute atomic E-state index is 13.0. The van der Waals surface area contributed by atoms with Gasteiger partial charge in [-0.3, -0.25) is 14.4 Å². The van der Waals surface area contributed by atoms with Gasteiger partial charge >= 0.3 is 0 Å². The minimum atomic E-state index is -0.402. The third-order valence-electron chi connectivity index (χ3n) is 7.36. The number of fused-ring (bicyclic) bond motifs is 5. The van der Waals surface area contributed by atoms with Crippen LogP contribution in [0.4, 0.5) is 0 Å². The van der Waals surface area contributed by atoms with Crippen LogP contribution in [0.15, 0.2) is 11.6 Å². The number of Topliss-reactive ketones (excluding diaryl/α,β-unsaturated/α-hetero) is 2. The fourth-order valence-corrected chi connectivity index (χ4v) is 6.16. The van der Waals surface area contributed by atoms with Gasteiger partial charge in [0.25, 0.3) is 0 Å². The van der Waals surface area contributed by atoms with Crippen LogP contribution in [0.3, 0.4) is 0 Å². The summed E-state index contributed by atoms with van der Waals surface area (Å²) in [6.07, 6.45) is 7.12. The van der Waals surface area contributed by atoms with E-state index in [4.69, 9.17) is 0 Å². The van der Waals surface area contributed by atoms with Gasteiger partial charge in [0.05, 0.1) is 0 Å². The van der Waals surface area contributed by atoms with E-state index >= 15 is 0 Å². The Hall–Kier alpha value is -1.25. The SMILES string of the molecule is C[C@]12CCC(=O)C=C1CC[C@H]1C3CCC(=O)[C@@]3(C)CC(=O)[C@@H]12. The molecule has 0 radical (unpaired) electrons. The molecule has 0 N–H and O–H groups in total. The van der Waals surface area contributed by atoms with Crippen molar-refractivity contribution in [3.63, 3.8) is 0 Å². The predicted octanol–water partition coefficient (Wildman–Crippen LogP) is 3.27. The van der Waals surface area contributed by atoms with E-state index in [-0.39, 0.29) is 22.9 Å². The molecule has 5 atom stereocenters. The number of rotatable bonds is 0. The van der Waals surface area contributed by atoms with Gasteiger partial charge in [0.15, 0.2) is 5.78 Å². The fraction of sp³-hybridized carbons (Fsp3) is 0.737. The molecule has 0 bridgehead atoms. The second-order valence-electron chi connectivity index (χ2n) is 8.36. The average Bonchev–Trinajstić information content (AvgIpc) is 2.75. The van der Waals surface area contributed by atoms with Gasteiger partial charge < -0.3 is 0 Å². The third kappa shape index (κ3) is 1.65. The lowest BCUT2D eigenvalue weighted by Gasteiger charge is -2.55. The number of carbonyl (C=O) groups is 3. The highest BCUT2D eigenvalue weighted by Gasteiger charge is 2.62. The number of carbonyl (C=O) groups excluding carboxylic acids is 3. The van der Waals surface area contributed by atoms with Crippen molar-refractivity contribution in [2.24, 2.45) is 28.6 Å². The Labute approximate surface area is 131 Å². The lowest BCUT2D eigenvalue weighted by atomic mass is 9.47. The van der Waals surface area contributed by atoms with Gasteiger partial charge in [-0.1, -0.05) is 19.4 Å². The molecule has 0 amide bonds. The van der Waals surface area contributed by atoms with Crippen molar-refractivity contribution in [3.8, 4) is 0 Å². The molecule has 4 aliphatic carbocycles. The van der Waals surface area contributed by atoms with Crippen molar-refractivity contribution in [3.05, 3.63) is 11.6 Å². The minimum Gasteiger partial charge on any atom is -0.299 e. The molecule has 0 aromatic rings. The summed E-state index contributed by atoms with van der Waals surface area (Å²) < 4.78 is 0. The lowest BCUT2D eigenvalue weighted by molar-refractivity contribution is -0.149. The minimum absolute atomic E-state index is 0.0320. The first-order chi connectivity index (χ1) is 10.4. The van der Waals surface area contributed by atoms with E-state index in [1.54, 1.807) is 0 Å². The largest absolute Gasteiger partial charge is 0.299 e. The van der Waals surface area contributed by atoms with Gasteiger partial charge in [-0.25, -0.2) is 0 Å². The van der Waals surface area contributed by atoms with Gasteiger partial charge in [0, 0.05) is 30.6 Å². The van der Waals surface area contributed by atoms with Crippen molar-refractivity contribution >= 4 is 17.3 Å². The smallest absolute Gasteiger partial charge is 0.155 e. The van der Waals surface area contributed by atoms with Crippen molar-refractivity contribution in [1.82, 2.24) is 0 Å². The third-order valence-corrected chi connectivity index (χ3v) is 7.36. The topological polar surface area (TPSA) is 51.2 Å². The lowest BCUT2D eigenvalue weighted by Crippen LogP contribution is -2.55. The average molecular weight is 300 g/mol. The molecule has 0 heterocycles. The number of hydrogen-bond acceptors (Lipinski definition) is 3. The van der Waals surface area contributed by atoms with E-state index in [2.05, 4.69) is 6.92 Å². The summed E-state index contributed by atoms with van der Waals surface area (Å²) in [5.74, 6) is 1.54. The summed E-state index contributed by atoms with van der Waals surface area (Å²) in [5, 5.41) is 0. The molecule has 22 heavy (non-hydrogen) atoms. The van der Waals surface area contributed by atoms with E-state index in [1.807, 2.05) is 13.0 Å². The Morgan fingerprint density at radius 1 is 1.00 bits per heavy atom. The molecular formula is C19H24O3. The molecule has 0 aromatic carbocycles. The van der Waals surface area contributed by atoms with Gasteiger partial charge in [-0.15, -0.1) is 0 Å². The molecule has 0 aliphatic heterocycles. The van der Waals surface area contributed by atoms with Gasteiger partial charge in [0.2, 0.25) is 0 Å². The Bertz CT molecular complexity index is 616. The quantitative estimate of drug-likeness (QED) is 0.690. The van der Waals surface area contributed by atoms with Crippen LogP contribution in [0.2, 0.25) is 0 Å². The monoisotopic (exact) mass is 300 g/mol. The van der Waals surface area contributed by atoms with Crippen LogP contribution in [0.1, 0.15) is 58.8 Å². The van der Waals surface area contributed by atoms with Crippen LogP contribution >= 0.6 is 0 Å². The van der Waals surface area contributed by atoms with E-state index in [9.17, 15) is 14.4 Å². The molecule has 0 aromatic heterocycles. The number of hydrogen-bond donors (Lipinski definition) is 0. The predicted molar refractivity (Wildman–Crippen MR) is 82.1 cm³/mol. The zero-order valence-corrected chi connectivity index (χ0v) is 13.5. The Morgan fingerprint density at radius 2 is 1.77 bits per heavy atom. The van der Waals surface area contributed by atoms with E-state index in [0.29, 0.717) is 36.9 Å². The molecule has 3 saturated carbocycles. The number of allylic oxidation sites excluding steroid dienone is 1. The molecule has 0 saturated heterocycles. The normalized spacial score (nSPS) is 47.6. The highest BCUT2D eigenvalue weighted by atomic mass is 16.1. The highest BCUT2D eigenvalue weighted by Crippen LogP contribution is 2.63. The van der Waals surface area contributed by atoms with E-state index in [1.165, 1.54) is 5.57 Å². The maximum atomic E-state index is 13.0. The molecule has 118 valence electrons. The van der Waals surface area contributed by atoms with Crippen LogP contribution in [0, 0.1) is 28.6 Å². The summed E-state index contributed by atoms with van der Waals surface area (Å²) in [6.45, 7) is 4.22. The summed E-state index contributed by atoms with van der Waals surface area (Å²) in [6, 6.07) is 0. The molecule has 3 nitrogen and oxygen atoms in total. The van der Waals surface area contributed by atoms with Crippen LogP contribution < -0.4 is 0 Å². The van der Waals surface area contributed by atoms with Crippen molar-refractivity contribution < 1.29 is 14.4 Å². The fourth-order valence-electron chi connectivity index (χ4n) is 6.16. The first-order valence-corrected chi connectivity index (χ1v) is 8.66. The number of ketones is 3. The Morgan fingerprint density at radius 3 is 2.55 bits per heavy atom. The van der Waals surface area contributed by atoms with Crippen LogP contribution in [-0.2, 0) is 14.4 Å². The second kappa shape index (κ2) is 4.39. The van der Waals surface area contributed by atoms with Crippen LogP contribution in [-0.4, -0.2) is 17.3 Å². The van der Waals surface area contributed by atoms with Crippen molar-refractivity contribution in [1.29, 1.82) is 0 Å². The zero-order chi connectivity index (χ0) is 15.7. The molecular weight excluding hydrogens is 276 g/mol. The van der Waals surface area contributed by atoms with E-state index in [0.717, 1.165) is 25.7 Å². The van der Waals surface area contributed by atoms with Gasteiger partial charge in [0.1, 0.15) is 11.6 Å². The molecule has 4 aliphatic rings. The molecule has 3 fully saturated rings. The van der Waals surface area contributed by atoms with Crippen molar-refractivity contribution in [2.45, 2.75) is 58.8 Å². The molecule has 1 unspecified atom stereocenters. The first-order valence-electron chi connectivity index (χ1n) is 8.66. The second-order valence-corrected chi connectivity index (χ2v) is 8.36. The maximum Gasteiger partial charge on any atom is 0.155 e. The zero-order valence-electron chi connectivity index (χ0n) is 13.5. The van der Waals surface area contributed by atoms with Crippen molar-refractivity contribution in [2.75, 3.05) is 0 Å². The summed E-state index contributed by atoms with van der Waals surface area (Å²) in [4.78, 5) is 37.1.